The lowest BCUT2D eigenvalue weighted by molar-refractivity contribution is -0.140. The number of hydrogen-bond acceptors (Lipinski definition) is 3. The second-order valence-corrected chi connectivity index (χ2v) is 17.0. The van der Waals surface area contributed by atoms with E-state index in [9.17, 15) is 4.79 Å². The number of rotatable bonds is 5. The molecule has 4 rings (SSSR count). The van der Waals surface area contributed by atoms with Crippen molar-refractivity contribution in [1.82, 2.24) is 4.90 Å². The second-order valence-electron chi connectivity index (χ2n) is 11.6. The molecule has 29 heavy (non-hydrogen) atoms. The topological polar surface area (TPSA) is 29.5 Å². The van der Waals surface area contributed by atoms with Gasteiger partial charge in [-0.1, -0.05) is 54.5 Å². The number of ketones is 1. The van der Waals surface area contributed by atoms with Crippen LogP contribution in [0.25, 0.3) is 0 Å². The zero-order chi connectivity index (χ0) is 21.1. The molecule has 4 heteroatoms. The van der Waals surface area contributed by atoms with E-state index in [1.807, 2.05) is 0 Å². The first-order valence-electron chi connectivity index (χ1n) is 12.3. The van der Waals surface area contributed by atoms with Gasteiger partial charge in [-0.3, -0.25) is 9.69 Å². The monoisotopic (exact) mass is 417 g/mol. The molecule has 0 aromatic carbocycles. The van der Waals surface area contributed by atoms with E-state index in [1.54, 1.807) is 0 Å². The average molecular weight is 418 g/mol. The van der Waals surface area contributed by atoms with Gasteiger partial charge in [0.2, 0.25) is 8.32 Å². The van der Waals surface area contributed by atoms with Crippen molar-refractivity contribution >= 4 is 14.1 Å². The molecule has 2 bridgehead atoms. The third kappa shape index (κ3) is 3.15. The van der Waals surface area contributed by atoms with Gasteiger partial charge in [-0.25, -0.2) is 0 Å². The molecule has 2 heterocycles. The molecule has 3 fully saturated rings. The molecule has 0 amide bonds. The maximum absolute atomic E-state index is 13.0. The van der Waals surface area contributed by atoms with Crippen molar-refractivity contribution in [3.8, 4) is 0 Å². The van der Waals surface area contributed by atoms with Crippen LogP contribution < -0.4 is 0 Å². The van der Waals surface area contributed by atoms with Crippen molar-refractivity contribution < 1.29 is 9.22 Å². The molecule has 0 aromatic heterocycles. The lowest BCUT2D eigenvalue weighted by Crippen LogP contribution is -2.70. The Labute approximate surface area is 179 Å². The van der Waals surface area contributed by atoms with E-state index in [4.69, 9.17) is 4.43 Å². The maximum atomic E-state index is 13.0. The summed E-state index contributed by atoms with van der Waals surface area (Å²) in [5, 5.41) is 0. The van der Waals surface area contributed by atoms with Gasteiger partial charge in [0.25, 0.3) is 0 Å². The number of hydrogen-bond donors (Lipinski definition) is 0. The Bertz CT molecular complexity index is 663. The van der Waals surface area contributed by atoms with Gasteiger partial charge in [0.15, 0.2) is 5.78 Å². The highest BCUT2D eigenvalue weighted by atomic mass is 28.4. The Morgan fingerprint density at radius 3 is 2.38 bits per heavy atom. The van der Waals surface area contributed by atoms with Gasteiger partial charge in [-0.15, -0.1) is 0 Å². The van der Waals surface area contributed by atoms with Crippen LogP contribution in [0.1, 0.15) is 80.6 Å². The van der Waals surface area contributed by atoms with Crippen LogP contribution in [-0.2, 0) is 9.22 Å². The smallest absolute Gasteiger partial charge is 0.200 e. The van der Waals surface area contributed by atoms with Gasteiger partial charge < -0.3 is 4.43 Å². The summed E-state index contributed by atoms with van der Waals surface area (Å²) in [6, 6.07) is 0. The maximum Gasteiger partial charge on any atom is 0.200 e. The van der Waals surface area contributed by atoms with Gasteiger partial charge >= 0.3 is 0 Å². The van der Waals surface area contributed by atoms with E-state index in [0.717, 1.165) is 31.8 Å². The fraction of sp³-hybridized carbons (Fsp3) is 0.880. The van der Waals surface area contributed by atoms with E-state index >= 15 is 0 Å². The van der Waals surface area contributed by atoms with Gasteiger partial charge in [0.1, 0.15) is 0 Å². The quantitative estimate of drug-likeness (QED) is 0.517. The summed E-state index contributed by atoms with van der Waals surface area (Å²) in [5.74, 6) is 2.35. The number of carbonyl (C=O) groups is 1. The second kappa shape index (κ2) is 7.60. The Morgan fingerprint density at radius 2 is 1.76 bits per heavy atom. The van der Waals surface area contributed by atoms with Crippen LogP contribution in [0.15, 0.2) is 11.6 Å². The first-order chi connectivity index (χ1) is 13.6. The minimum atomic E-state index is -1.89. The SMILES string of the molecule is CC1CC2CC(=O)C3=CCCN4CC(O[Si](C(C)C)(C(C)C)C(C)C)CC2C34C1. The fourth-order valence-electron chi connectivity index (χ4n) is 8.38. The highest BCUT2D eigenvalue weighted by molar-refractivity contribution is 6.77. The molecule has 2 aliphatic heterocycles. The first kappa shape index (κ1) is 21.8. The summed E-state index contributed by atoms with van der Waals surface area (Å²) in [6.07, 6.45) is 8.05. The van der Waals surface area contributed by atoms with Gasteiger partial charge in [-0.2, -0.15) is 0 Å². The van der Waals surface area contributed by atoms with Gasteiger partial charge in [-0.05, 0) is 60.1 Å². The first-order valence-corrected chi connectivity index (χ1v) is 14.4. The van der Waals surface area contributed by atoms with Crippen LogP contribution in [0.2, 0.25) is 16.6 Å². The summed E-state index contributed by atoms with van der Waals surface area (Å²) in [6.45, 7) is 18.9. The van der Waals surface area contributed by atoms with Crippen molar-refractivity contribution in [2.24, 2.45) is 17.8 Å². The largest absolute Gasteiger partial charge is 0.412 e. The predicted octanol–water partition coefficient (Wildman–Crippen LogP) is 5.96. The number of carbonyl (C=O) groups excluding carboxylic acids is 1. The minimum absolute atomic E-state index is 0.0352. The fourth-order valence-corrected chi connectivity index (χ4v) is 13.9. The Hall–Kier alpha value is -0.453. The highest BCUT2D eigenvalue weighted by Crippen LogP contribution is 2.59. The molecule has 0 radical (unpaired) electrons. The summed E-state index contributed by atoms with van der Waals surface area (Å²) in [7, 11) is -1.89. The summed E-state index contributed by atoms with van der Waals surface area (Å²) in [5.41, 5.74) is 3.11. The molecular formula is C25H43NO2Si. The van der Waals surface area contributed by atoms with Crippen LogP contribution in [0.3, 0.4) is 0 Å². The van der Waals surface area contributed by atoms with Crippen molar-refractivity contribution in [3.63, 3.8) is 0 Å². The van der Waals surface area contributed by atoms with Crippen LogP contribution in [-0.4, -0.2) is 43.7 Å². The average Bonchev–Trinajstić information content (AvgIpc) is 2.61. The van der Waals surface area contributed by atoms with Gasteiger partial charge in [0, 0.05) is 25.1 Å². The third-order valence-electron chi connectivity index (χ3n) is 9.09. The van der Waals surface area contributed by atoms with Crippen molar-refractivity contribution in [3.05, 3.63) is 11.6 Å². The highest BCUT2D eigenvalue weighted by Gasteiger charge is 2.62. The number of Topliss-reactive ketones (excluding diaryl/α,β-unsaturated/α-hetero) is 1. The van der Waals surface area contributed by atoms with E-state index < -0.39 is 8.32 Å². The predicted molar refractivity (Wildman–Crippen MR) is 123 cm³/mol. The summed E-state index contributed by atoms with van der Waals surface area (Å²) in [4.78, 5) is 15.8. The van der Waals surface area contributed by atoms with Crippen molar-refractivity contribution in [1.29, 1.82) is 0 Å². The Kier molecular flexibility index (Phi) is 5.70. The van der Waals surface area contributed by atoms with Crippen LogP contribution in [0, 0.1) is 17.8 Å². The molecule has 2 saturated carbocycles. The Morgan fingerprint density at radius 1 is 1.10 bits per heavy atom. The molecule has 2 aliphatic carbocycles. The molecular weight excluding hydrogens is 374 g/mol. The van der Waals surface area contributed by atoms with E-state index in [-0.39, 0.29) is 5.54 Å². The van der Waals surface area contributed by atoms with E-state index in [1.165, 1.54) is 24.8 Å². The van der Waals surface area contributed by atoms with E-state index in [2.05, 4.69) is 59.4 Å². The summed E-state index contributed by atoms with van der Waals surface area (Å²) >= 11 is 0. The lowest BCUT2D eigenvalue weighted by atomic mass is 9.51. The van der Waals surface area contributed by atoms with Crippen molar-refractivity contribution in [2.45, 2.75) is 109 Å². The lowest BCUT2D eigenvalue weighted by Gasteiger charge is -2.64. The van der Waals surface area contributed by atoms with E-state index in [0.29, 0.717) is 40.3 Å². The van der Waals surface area contributed by atoms with Crippen molar-refractivity contribution in [2.75, 3.05) is 13.1 Å². The molecule has 3 nitrogen and oxygen atoms in total. The Balaban J connectivity index is 1.68. The van der Waals surface area contributed by atoms with Crippen LogP contribution in [0.5, 0.6) is 0 Å². The minimum Gasteiger partial charge on any atom is -0.412 e. The molecule has 5 unspecified atom stereocenters. The molecule has 164 valence electrons. The molecule has 0 aromatic rings. The zero-order valence-electron chi connectivity index (χ0n) is 19.8. The normalized spacial score (nSPS) is 37.9. The van der Waals surface area contributed by atoms with Crippen LogP contribution >= 0.6 is 0 Å². The number of piperidine rings is 1. The molecule has 1 spiro atoms. The van der Waals surface area contributed by atoms with Crippen LogP contribution in [0.4, 0.5) is 0 Å². The molecule has 5 atom stereocenters. The van der Waals surface area contributed by atoms with Gasteiger partial charge in [0.05, 0.1) is 11.6 Å². The molecule has 4 aliphatic rings. The summed E-state index contributed by atoms with van der Waals surface area (Å²) < 4.78 is 7.31. The standard InChI is InChI=1S/C25H43NO2Si/c1-16(2)29(17(3)4,18(5)6)28-21-13-23-20-11-19(7)14-25(23)22(24(27)12-20)9-8-10-26(25)15-21/h9,16-21,23H,8,10-15H2,1-7H3. The molecule has 0 N–H and O–H groups in total. The third-order valence-corrected chi connectivity index (χ3v) is 15.2. The molecule has 1 saturated heterocycles. The zero-order valence-corrected chi connectivity index (χ0v) is 20.8. The number of nitrogens with zero attached hydrogens (tertiary/aromatic N) is 1.